The Balaban J connectivity index is 1.77. The minimum absolute atomic E-state index is 0.0660. The maximum Gasteiger partial charge on any atom is 0.274 e. The molecule has 144 valence electrons. The van der Waals surface area contributed by atoms with Crippen LogP contribution in [0.4, 0.5) is 5.69 Å². The Morgan fingerprint density at radius 3 is 2.59 bits per heavy atom. The summed E-state index contributed by atoms with van der Waals surface area (Å²) in [4.78, 5) is 25.6. The number of nitrogens with one attached hydrogen (secondary N) is 1. The highest BCUT2D eigenvalue weighted by Gasteiger charge is 2.62. The Bertz CT molecular complexity index is 876. The van der Waals surface area contributed by atoms with Crippen LogP contribution >= 0.6 is 0 Å². The molecule has 1 aliphatic carbocycles. The summed E-state index contributed by atoms with van der Waals surface area (Å²) in [6.07, 6.45) is 2.08. The molecule has 1 saturated carbocycles. The molecule has 1 amide bonds. The van der Waals surface area contributed by atoms with Crippen LogP contribution in [-0.2, 0) is 16.1 Å². The number of nitrogens with zero attached hydrogens (tertiary/aromatic N) is 1. The molecule has 1 heterocycles. The van der Waals surface area contributed by atoms with Gasteiger partial charge in [0.25, 0.3) is 5.56 Å². The van der Waals surface area contributed by atoms with E-state index in [4.69, 9.17) is 10.5 Å². The molecule has 0 saturated heterocycles. The molecule has 6 heteroatoms. The van der Waals surface area contributed by atoms with Gasteiger partial charge in [0.15, 0.2) is 0 Å². The first-order valence-corrected chi connectivity index (χ1v) is 9.25. The van der Waals surface area contributed by atoms with Crippen LogP contribution in [0, 0.1) is 5.41 Å². The maximum atomic E-state index is 12.9. The Morgan fingerprint density at radius 1 is 1.26 bits per heavy atom. The zero-order valence-corrected chi connectivity index (χ0v) is 16.1. The summed E-state index contributed by atoms with van der Waals surface area (Å²) in [6, 6.07) is 13.1. The average Bonchev–Trinajstić information content (AvgIpc) is 2.65. The summed E-state index contributed by atoms with van der Waals surface area (Å²) in [6.45, 7) is 6.79. The fraction of sp³-hybridized carbons (Fsp3) is 0.429. The zero-order valence-electron chi connectivity index (χ0n) is 16.1. The van der Waals surface area contributed by atoms with E-state index in [0.29, 0.717) is 19.6 Å². The molecule has 1 fully saturated rings. The minimum Gasteiger partial charge on any atom is -0.378 e. The van der Waals surface area contributed by atoms with E-state index in [2.05, 4.69) is 5.32 Å². The zero-order chi connectivity index (χ0) is 19.7. The van der Waals surface area contributed by atoms with Crippen molar-refractivity contribution in [3.63, 3.8) is 0 Å². The molecule has 0 aliphatic heterocycles. The van der Waals surface area contributed by atoms with Crippen molar-refractivity contribution in [2.45, 2.75) is 45.4 Å². The number of hydrogen-bond acceptors (Lipinski definition) is 4. The number of amides is 1. The van der Waals surface area contributed by atoms with Crippen molar-refractivity contribution in [3.8, 4) is 0 Å². The minimum atomic E-state index is -1.07. The number of benzene rings is 1. The standard InChI is InChI=1S/C21H27N3O3/c1-4-27-17-13-21(22,20(17,2)3)19(26)23-16-11-8-12-24(18(16)25)14-15-9-6-5-7-10-15/h5-12,17H,4,13-14,22H2,1-3H3,(H,23,26). The van der Waals surface area contributed by atoms with Crippen molar-refractivity contribution in [2.24, 2.45) is 11.1 Å². The van der Waals surface area contributed by atoms with Crippen LogP contribution in [0.5, 0.6) is 0 Å². The third kappa shape index (κ3) is 3.42. The molecule has 1 aliphatic rings. The lowest BCUT2D eigenvalue weighted by molar-refractivity contribution is -0.166. The number of carbonyl (C=O) groups excluding carboxylic acids is 1. The predicted octanol–water partition coefficient (Wildman–Crippen LogP) is 2.37. The van der Waals surface area contributed by atoms with E-state index in [0.717, 1.165) is 5.56 Å². The molecule has 2 unspecified atom stereocenters. The molecule has 0 bridgehead atoms. The van der Waals surface area contributed by atoms with E-state index in [9.17, 15) is 9.59 Å². The van der Waals surface area contributed by atoms with Crippen molar-refractivity contribution >= 4 is 11.6 Å². The van der Waals surface area contributed by atoms with E-state index in [-0.39, 0.29) is 23.3 Å². The molecule has 0 radical (unpaired) electrons. The highest BCUT2D eigenvalue weighted by molar-refractivity contribution is 5.99. The van der Waals surface area contributed by atoms with Gasteiger partial charge in [0, 0.05) is 24.6 Å². The van der Waals surface area contributed by atoms with Crippen molar-refractivity contribution in [1.29, 1.82) is 0 Å². The quantitative estimate of drug-likeness (QED) is 0.818. The van der Waals surface area contributed by atoms with Gasteiger partial charge in [-0.2, -0.15) is 0 Å². The van der Waals surface area contributed by atoms with Crippen LogP contribution < -0.4 is 16.6 Å². The summed E-state index contributed by atoms with van der Waals surface area (Å²) in [5, 5.41) is 2.74. The fourth-order valence-electron chi connectivity index (χ4n) is 3.59. The summed E-state index contributed by atoms with van der Waals surface area (Å²) >= 11 is 0. The van der Waals surface area contributed by atoms with Gasteiger partial charge in [0.2, 0.25) is 5.91 Å². The Labute approximate surface area is 159 Å². The SMILES string of the molecule is CCOC1CC(N)(C(=O)Nc2cccn(Cc3ccccc3)c2=O)C1(C)C. The van der Waals surface area contributed by atoms with Crippen LogP contribution in [0.15, 0.2) is 53.5 Å². The normalized spacial score (nSPS) is 23.5. The van der Waals surface area contributed by atoms with Crippen molar-refractivity contribution in [3.05, 3.63) is 64.6 Å². The van der Waals surface area contributed by atoms with E-state index < -0.39 is 11.0 Å². The van der Waals surface area contributed by atoms with Crippen LogP contribution in [0.2, 0.25) is 0 Å². The number of anilines is 1. The van der Waals surface area contributed by atoms with Gasteiger partial charge < -0.3 is 20.4 Å². The molecule has 3 rings (SSSR count). The Kier molecular flexibility index (Phi) is 5.22. The molecule has 6 nitrogen and oxygen atoms in total. The van der Waals surface area contributed by atoms with Crippen LogP contribution in [0.3, 0.4) is 0 Å². The highest BCUT2D eigenvalue weighted by Crippen LogP contribution is 2.50. The first kappa shape index (κ1) is 19.3. The fourth-order valence-corrected chi connectivity index (χ4v) is 3.59. The molecular formula is C21H27N3O3. The van der Waals surface area contributed by atoms with E-state index in [1.165, 1.54) is 0 Å². The van der Waals surface area contributed by atoms with Gasteiger partial charge in [0.1, 0.15) is 11.2 Å². The monoisotopic (exact) mass is 369 g/mol. The Hall–Kier alpha value is -2.44. The number of aromatic nitrogens is 1. The first-order valence-electron chi connectivity index (χ1n) is 9.25. The molecule has 3 N–H and O–H groups in total. The lowest BCUT2D eigenvalue weighted by Gasteiger charge is -2.57. The van der Waals surface area contributed by atoms with Crippen molar-refractivity contribution in [2.75, 3.05) is 11.9 Å². The van der Waals surface area contributed by atoms with Gasteiger partial charge in [-0.1, -0.05) is 44.2 Å². The van der Waals surface area contributed by atoms with Crippen LogP contribution in [-0.4, -0.2) is 28.7 Å². The summed E-state index contributed by atoms with van der Waals surface area (Å²) < 4.78 is 7.24. The topological polar surface area (TPSA) is 86.3 Å². The third-order valence-electron chi connectivity index (χ3n) is 5.70. The van der Waals surface area contributed by atoms with E-state index in [1.807, 2.05) is 51.1 Å². The lowest BCUT2D eigenvalue weighted by Crippen LogP contribution is -2.74. The van der Waals surface area contributed by atoms with Gasteiger partial charge in [-0.3, -0.25) is 9.59 Å². The smallest absolute Gasteiger partial charge is 0.274 e. The second-order valence-corrected chi connectivity index (χ2v) is 7.64. The number of nitrogens with two attached hydrogens (primary N) is 1. The van der Waals surface area contributed by atoms with Crippen molar-refractivity contribution in [1.82, 2.24) is 4.57 Å². The molecule has 2 aromatic rings. The van der Waals surface area contributed by atoms with E-state index in [1.54, 1.807) is 22.9 Å². The average molecular weight is 369 g/mol. The number of rotatable bonds is 6. The second kappa shape index (κ2) is 7.29. The van der Waals surface area contributed by atoms with Gasteiger partial charge in [-0.15, -0.1) is 0 Å². The first-order chi connectivity index (χ1) is 12.8. The Morgan fingerprint density at radius 2 is 1.96 bits per heavy atom. The van der Waals surface area contributed by atoms with Gasteiger partial charge in [-0.25, -0.2) is 0 Å². The number of ether oxygens (including phenoxy) is 1. The third-order valence-corrected chi connectivity index (χ3v) is 5.70. The van der Waals surface area contributed by atoms with Crippen molar-refractivity contribution < 1.29 is 9.53 Å². The summed E-state index contributed by atoms with van der Waals surface area (Å²) in [5.74, 6) is -0.349. The molecular weight excluding hydrogens is 342 g/mol. The van der Waals surface area contributed by atoms with Gasteiger partial charge >= 0.3 is 0 Å². The molecule has 1 aromatic carbocycles. The van der Waals surface area contributed by atoms with Gasteiger partial charge in [-0.05, 0) is 24.6 Å². The number of pyridine rings is 1. The maximum absolute atomic E-state index is 12.9. The van der Waals surface area contributed by atoms with Crippen LogP contribution in [0.1, 0.15) is 32.8 Å². The highest BCUT2D eigenvalue weighted by atomic mass is 16.5. The number of hydrogen-bond donors (Lipinski definition) is 2. The largest absolute Gasteiger partial charge is 0.378 e. The molecule has 2 atom stereocenters. The summed E-state index contributed by atoms with van der Waals surface area (Å²) in [7, 11) is 0. The second-order valence-electron chi connectivity index (χ2n) is 7.64. The van der Waals surface area contributed by atoms with E-state index >= 15 is 0 Å². The lowest BCUT2D eigenvalue weighted by atomic mass is 9.54. The predicted molar refractivity (Wildman–Crippen MR) is 106 cm³/mol. The summed E-state index contributed by atoms with van der Waals surface area (Å²) in [5.41, 5.74) is 5.82. The molecule has 1 aromatic heterocycles. The van der Waals surface area contributed by atoms with Crippen LogP contribution in [0.25, 0.3) is 0 Å². The molecule has 27 heavy (non-hydrogen) atoms. The number of carbonyl (C=O) groups is 1. The van der Waals surface area contributed by atoms with Gasteiger partial charge in [0.05, 0.1) is 12.6 Å². The molecule has 0 spiro atoms.